The molecule has 7 nitrogen and oxygen atoms in total. The van der Waals surface area contributed by atoms with Gasteiger partial charge in [-0.15, -0.1) is 0 Å². The van der Waals surface area contributed by atoms with Gasteiger partial charge in [-0.2, -0.15) is 0 Å². The zero-order chi connectivity index (χ0) is 20.9. The summed E-state index contributed by atoms with van der Waals surface area (Å²) in [5, 5.41) is 0. The van der Waals surface area contributed by atoms with Gasteiger partial charge in [-0.3, -0.25) is 24.2 Å². The number of hydrogen-bond acceptors (Lipinski definition) is 6. The standard InChI is InChI=1S/C24H25N3O4/c28-23-20-10-16-8-18-13-26(12-15-4-2-1-3-5-15)14-19(18)9-17(16)11-21(20)24(29)27(23)22-6-7-30-25-31-22/h1-5,10-11,18-19,22,25H,6-9,12-14H2. The van der Waals surface area contributed by atoms with Crippen molar-refractivity contribution in [3.8, 4) is 0 Å². The van der Waals surface area contributed by atoms with Crippen LogP contribution in [0.15, 0.2) is 42.5 Å². The van der Waals surface area contributed by atoms with Gasteiger partial charge in [0.2, 0.25) is 0 Å². The number of imide groups is 1. The summed E-state index contributed by atoms with van der Waals surface area (Å²) < 4.78 is 0. The zero-order valence-electron chi connectivity index (χ0n) is 17.3. The Labute approximate surface area is 180 Å². The molecule has 2 fully saturated rings. The van der Waals surface area contributed by atoms with Crippen molar-refractivity contribution < 1.29 is 19.3 Å². The molecule has 3 heterocycles. The Kier molecular flexibility index (Phi) is 4.65. The predicted octanol–water partition coefficient (Wildman–Crippen LogP) is 2.31. The fourth-order valence-corrected chi connectivity index (χ4v) is 5.60. The van der Waals surface area contributed by atoms with E-state index < -0.39 is 6.23 Å². The minimum Gasteiger partial charge on any atom is -0.298 e. The molecule has 0 spiro atoms. The summed E-state index contributed by atoms with van der Waals surface area (Å²) >= 11 is 0. The quantitative estimate of drug-likeness (QED) is 0.770. The van der Waals surface area contributed by atoms with Crippen molar-refractivity contribution in [2.45, 2.75) is 32.0 Å². The minimum absolute atomic E-state index is 0.268. The molecular formula is C24H25N3O4. The van der Waals surface area contributed by atoms with E-state index in [1.165, 1.54) is 21.6 Å². The first kappa shape index (κ1) is 19.1. The van der Waals surface area contributed by atoms with Crippen molar-refractivity contribution in [3.05, 3.63) is 70.3 Å². The lowest BCUT2D eigenvalue weighted by molar-refractivity contribution is -0.259. The van der Waals surface area contributed by atoms with E-state index in [1.807, 2.05) is 12.1 Å². The van der Waals surface area contributed by atoms with Crippen LogP contribution in [0.2, 0.25) is 0 Å². The third kappa shape index (κ3) is 3.29. The Balaban J connectivity index is 1.21. The van der Waals surface area contributed by atoms with Crippen LogP contribution in [-0.4, -0.2) is 47.5 Å². The van der Waals surface area contributed by atoms with Gasteiger partial charge in [-0.1, -0.05) is 36.0 Å². The van der Waals surface area contributed by atoms with Gasteiger partial charge in [0.25, 0.3) is 11.8 Å². The molecule has 0 aromatic heterocycles. The molecule has 1 N–H and O–H groups in total. The Bertz CT molecular complexity index is 982. The second-order valence-electron chi connectivity index (χ2n) is 9.05. The van der Waals surface area contributed by atoms with Crippen LogP contribution in [0, 0.1) is 11.8 Å². The minimum atomic E-state index is -0.635. The first-order valence-corrected chi connectivity index (χ1v) is 11.0. The first-order chi connectivity index (χ1) is 15.2. The van der Waals surface area contributed by atoms with Crippen LogP contribution < -0.4 is 5.64 Å². The Morgan fingerprint density at radius 3 is 2.16 bits per heavy atom. The fourth-order valence-electron chi connectivity index (χ4n) is 5.60. The van der Waals surface area contributed by atoms with Gasteiger partial charge in [-0.05, 0) is 53.5 Å². The van der Waals surface area contributed by atoms with Crippen LogP contribution in [-0.2, 0) is 29.1 Å². The largest absolute Gasteiger partial charge is 0.298 e. The van der Waals surface area contributed by atoms with Crippen LogP contribution in [0.4, 0.5) is 0 Å². The second-order valence-corrected chi connectivity index (χ2v) is 9.05. The molecule has 160 valence electrons. The number of carbonyl (C=O) groups is 2. The number of rotatable bonds is 3. The summed E-state index contributed by atoms with van der Waals surface area (Å²) in [4.78, 5) is 40.1. The molecule has 1 aliphatic carbocycles. The molecule has 2 aromatic carbocycles. The Morgan fingerprint density at radius 2 is 1.58 bits per heavy atom. The fraction of sp³-hybridized carbons (Fsp3) is 0.417. The lowest BCUT2D eigenvalue weighted by Crippen LogP contribution is -2.47. The summed E-state index contributed by atoms with van der Waals surface area (Å²) in [7, 11) is 0. The van der Waals surface area contributed by atoms with Gasteiger partial charge >= 0.3 is 0 Å². The maximum Gasteiger partial charge on any atom is 0.263 e. The van der Waals surface area contributed by atoms with Gasteiger partial charge < -0.3 is 0 Å². The molecule has 0 saturated carbocycles. The van der Waals surface area contributed by atoms with E-state index in [0.717, 1.165) is 32.5 Å². The van der Waals surface area contributed by atoms with E-state index in [4.69, 9.17) is 9.68 Å². The van der Waals surface area contributed by atoms with Crippen molar-refractivity contribution in [2.24, 2.45) is 11.8 Å². The molecule has 2 amide bonds. The van der Waals surface area contributed by atoms with E-state index >= 15 is 0 Å². The Hall–Kier alpha value is -2.58. The molecule has 31 heavy (non-hydrogen) atoms. The second kappa shape index (κ2) is 7.53. The van der Waals surface area contributed by atoms with Crippen LogP contribution in [0.25, 0.3) is 0 Å². The van der Waals surface area contributed by atoms with Crippen LogP contribution >= 0.6 is 0 Å². The number of nitrogens with zero attached hydrogens (tertiary/aromatic N) is 2. The van der Waals surface area contributed by atoms with Crippen molar-refractivity contribution >= 4 is 11.8 Å². The number of fused-ring (bicyclic) bond motifs is 3. The van der Waals surface area contributed by atoms with E-state index in [1.54, 1.807) is 0 Å². The molecule has 3 atom stereocenters. The number of benzene rings is 2. The van der Waals surface area contributed by atoms with Crippen molar-refractivity contribution in [1.82, 2.24) is 15.4 Å². The molecule has 3 unspecified atom stereocenters. The summed E-state index contributed by atoms with van der Waals surface area (Å²) in [6.45, 7) is 3.52. The maximum absolute atomic E-state index is 13.0. The molecule has 0 radical (unpaired) electrons. The van der Waals surface area contributed by atoms with Crippen molar-refractivity contribution in [3.63, 3.8) is 0 Å². The highest BCUT2D eigenvalue weighted by molar-refractivity contribution is 6.21. The maximum atomic E-state index is 13.0. The zero-order valence-corrected chi connectivity index (χ0v) is 17.3. The summed E-state index contributed by atoms with van der Waals surface area (Å²) in [5.41, 5.74) is 7.14. The number of carbonyl (C=O) groups excluding carboxylic acids is 2. The van der Waals surface area contributed by atoms with Gasteiger partial charge in [0.05, 0.1) is 17.7 Å². The smallest absolute Gasteiger partial charge is 0.263 e. The summed E-state index contributed by atoms with van der Waals surface area (Å²) in [6.07, 6.45) is 1.76. The van der Waals surface area contributed by atoms with Crippen molar-refractivity contribution in [2.75, 3.05) is 19.7 Å². The highest BCUT2D eigenvalue weighted by atomic mass is 16.9. The molecule has 2 saturated heterocycles. The van der Waals surface area contributed by atoms with Gasteiger partial charge in [-0.25, -0.2) is 4.90 Å². The van der Waals surface area contributed by atoms with E-state index in [2.05, 4.69) is 40.9 Å². The van der Waals surface area contributed by atoms with Crippen molar-refractivity contribution in [1.29, 1.82) is 0 Å². The molecule has 4 aliphatic rings. The molecule has 6 rings (SSSR count). The lowest BCUT2D eigenvalue weighted by atomic mass is 9.77. The monoisotopic (exact) mass is 419 g/mol. The third-order valence-corrected chi connectivity index (χ3v) is 7.10. The third-order valence-electron chi connectivity index (χ3n) is 7.10. The van der Waals surface area contributed by atoms with E-state index in [-0.39, 0.29) is 11.8 Å². The topological polar surface area (TPSA) is 71.1 Å². The summed E-state index contributed by atoms with van der Waals surface area (Å²) in [6, 6.07) is 14.5. The average molecular weight is 419 g/mol. The first-order valence-electron chi connectivity index (χ1n) is 11.0. The van der Waals surface area contributed by atoms with Gasteiger partial charge in [0.15, 0.2) is 6.23 Å². The number of likely N-dealkylation sites (tertiary alicyclic amines) is 1. The predicted molar refractivity (Wildman–Crippen MR) is 112 cm³/mol. The lowest BCUT2D eigenvalue weighted by Gasteiger charge is -2.28. The van der Waals surface area contributed by atoms with E-state index in [9.17, 15) is 9.59 Å². The Morgan fingerprint density at radius 1 is 0.935 bits per heavy atom. The van der Waals surface area contributed by atoms with Crippen LogP contribution in [0.1, 0.15) is 43.8 Å². The highest BCUT2D eigenvalue weighted by Gasteiger charge is 2.44. The van der Waals surface area contributed by atoms with E-state index in [0.29, 0.717) is 36.0 Å². The van der Waals surface area contributed by atoms with Gasteiger partial charge in [0, 0.05) is 26.1 Å². The normalized spacial score (nSPS) is 27.9. The highest BCUT2D eigenvalue weighted by Crippen LogP contribution is 2.39. The molecule has 2 aromatic rings. The number of nitrogens with one attached hydrogen (secondary N) is 1. The SMILES string of the molecule is O=C1c2cc3c(cc2C(=O)N1C1CCONO1)CC1CN(Cc2ccccc2)CC1C3. The molecule has 3 aliphatic heterocycles. The number of hydrogen-bond donors (Lipinski definition) is 1. The number of amides is 2. The van der Waals surface area contributed by atoms with Crippen LogP contribution in [0.5, 0.6) is 0 Å². The van der Waals surface area contributed by atoms with Crippen LogP contribution in [0.3, 0.4) is 0 Å². The summed E-state index contributed by atoms with van der Waals surface area (Å²) in [5.74, 6) is 0.660. The molecular weight excluding hydrogens is 394 g/mol. The molecule has 7 heteroatoms. The average Bonchev–Trinajstić information content (AvgIpc) is 3.29. The molecule has 0 bridgehead atoms. The van der Waals surface area contributed by atoms with Gasteiger partial charge in [0.1, 0.15) is 0 Å².